The van der Waals surface area contributed by atoms with Crippen LogP contribution < -0.4 is 10.6 Å². The number of halogens is 1. The summed E-state index contributed by atoms with van der Waals surface area (Å²) < 4.78 is 0. The Bertz CT molecular complexity index is 237. The fraction of sp³-hybridized carbons (Fsp3) is 0.929. The van der Waals surface area contributed by atoms with Crippen molar-refractivity contribution in [1.82, 2.24) is 15.5 Å². The summed E-state index contributed by atoms with van der Waals surface area (Å²) in [4.78, 5) is 6.69. The van der Waals surface area contributed by atoms with Gasteiger partial charge in [0.15, 0.2) is 5.96 Å². The molecule has 6 heteroatoms. The standard InChI is InChI=1S/C14H32N4S.HI/c1-6-18(13(2)3)11-10-17-14(15-4)16-9-7-8-12-19-5;/h13H,6-12H2,1-5H3,(H2,15,16,17);1H. The summed E-state index contributed by atoms with van der Waals surface area (Å²) in [5.41, 5.74) is 0. The van der Waals surface area contributed by atoms with Crippen LogP contribution in [0, 0.1) is 0 Å². The maximum atomic E-state index is 4.24. The largest absolute Gasteiger partial charge is 0.356 e. The fourth-order valence-corrected chi connectivity index (χ4v) is 2.39. The van der Waals surface area contributed by atoms with Crippen molar-refractivity contribution in [2.45, 2.75) is 39.7 Å². The van der Waals surface area contributed by atoms with Crippen molar-refractivity contribution in [2.75, 3.05) is 45.2 Å². The summed E-state index contributed by atoms with van der Waals surface area (Å²) in [6.45, 7) is 10.8. The van der Waals surface area contributed by atoms with Gasteiger partial charge in [0.2, 0.25) is 0 Å². The molecule has 0 fully saturated rings. The molecule has 2 N–H and O–H groups in total. The highest BCUT2D eigenvalue weighted by atomic mass is 127. The Morgan fingerprint density at radius 1 is 1.20 bits per heavy atom. The first-order valence-corrected chi connectivity index (χ1v) is 8.72. The van der Waals surface area contributed by atoms with Crippen LogP contribution in [0.5, 0.6) is 0 Å². The van der Waals surface area contributed by atoms with E-state index in [9.17, 15) is 0 Å². The molecule has 0 aromatic rings. The molecule has 0 heterocycles. The topological polar surface area (TPSA) is 39.7 Å². The number of hydrogen-bond donors (Lipinski definition) is 2. The molecule has 0 spiro atoms. The molecule has 0 saturated carbocycles. The lowest BCUT2D eigenvalue weighted by molar-refractivity contribution is 0.237. The molecule has 0 aromatic heterocycles. The van der Waals surface area contributed by atoms with E-state index in [2.05, 4.69) is 47.6 Å². The van der Waals surface area contributed by atoms with Gasteiger partial charge in [-0.05, 0) is 45.2 Å². The van der Waals surface area contributed by atoms with Crippen molar-refractivity contribution in [2.24, 2.45) is 4.99 Å². The Balaban J connectivity index is 0. The molecule has 0 bridgehead atoms. The minimum Gasteiger partial charge on any atom is -0.356 e. The molecule has 0 unspecified atom stereocenters. The smallest absolute Gasteiger partial charge is 0.191 e. The van der Waals surface area contributed by atoms with Crippen LogP contribution in [-0.2, 0) is 0 Å². The molecular formula is C14H33IN4S. The molecule has 0 saturated heterocycles. The Labute approximate surface area is 147 Å². The fourth-order valence-electron chi connectivity index (χ4n) is 1.90. The molecule has 122 valence electrons. The van der Waals surface area contributed by atoms with Crippen LogP contribution in [0.2, 0.25) is 0 Å². The second kappa shape index (κ2) is 15.7. The van der Waals surface area contributed by atoms with Crippen LogP contribution in [0.3, 0.4) is 0 Å². The third-order valence-corrected chi connectivity index (χ3v) is 3.82. The summed E-state index contributed by atoms with van der Waals surface area (Å²) >= 11 is 1.91. The van der Waals surface area contributed by atoms with Gasteiger partial charge in [-0.2, -0.15) is 11.8 Å². The van der Waals surface area contributed by atoms with Gasteiger partial charge in [-0.3, -0.25) is 9.89 Å². The maximum absolute atomic E-state index is 4.24. The molecule has 0 atom stereocenters. The lowest BCUT2D eigenvalue weighted by Gasteiger charge is -2.25. The summed E-state index contributed by atoms with van der Waals surface area (Å²) in [5, 5.41) is 6.73. The highest BCUT2D eigenvalue weighted by Crippen LogP contribution is 1.98. The van der Waals surface area contributed by atoms with Crippen molar-refractivity contribution in [3.63, 3.8) is 0 Å². The number of rotatable bonds is 10. The lowest BCUT2D eigenvalue weighted by atomic mass is 10.3. The number of nitrogens with one attached hydrogen (secondary N) is 2. The summed E-state index contributed by atoms with van der Waals surface area (Å²) in [7, 11) is 1.83. The van der Waals surface area contributed by atoms with E-state index in [0.717, 1.165) is 32.1 Å². The minimum atomic E-state index is 0. The SMILES string of the molecule is CCN(CCNC(=NC)NCCCCSC)C(C)C.I. The Kier molecular flexibility index (Phi) is 17.7. The predicted octanol–water partition coefficient (Wildman–Crippen LogP) is 2.64. The van der Waals surface area contributed by atoms with Crippen molar-refractivity contribution in [3.05, 3.63) is 0 Å². The minimum absolute atomic E-state index is 0. The van der Waals surface area contributed by atoms with Crippen LogP contribution in [0.4, 0.5) is 0 Å². The molecule has 4 nitrogen and oxygen atoms in total. The highest BCUT2D eigenvalue weighted by molar-refractivity contribution is 14.0. The van der Waals surface area contributed by atoms with Crippen molar-refractivity contribution in [3.8, 4) is 0 Å². The molecule has 0 aliphatic heterocycles. The van der Waals surface area contributed by atoms with Crippen molar-refractivity contribution < 1.29 is 0 Å². The number of unbranched alkanes of at least 4 members (excludes halogenated alkanes) is 1. The normalized spacial score (nSPS) is 11.7. The summed E-state index contributed by atoms with van der Waals surface area (Å²) in [5.74, 6) is 2.16. The van der Waals surface area contributed by atoms with Gasteiger partial charge in [0.1, 0.15) is 0 Å². The van der Waals surface area contributed by atoms with Gasteiger partial charge >= 0.3 is 0 Å². The molecule has 0 aliphatic carbocycles. The third kappa shape index (κ3) is 12.1. The number of guanidine groups is 1. The molecular weight excluding hydrogens is 383 g/mol. The number of aliphatic imine (C=N–C) groups is 1. The van der Waals surface area contributed by atoms with E-state index in [1.807, 2.05) is 18.8 Å². The van der Waals surface area contributed by atoms with E-state index in [1.54, 1.807) is 0 Å². The zero-order chi connectivity index (χ0) is 14.5. The van der Waals surface area contributed by atoms with Gasteiger partial charge in [0, 0.05) is 32.7 Å². The molecule has 0 aliphatic rings. The van der Waals surface area contributed by atoms with Crippen LogP contribution in [0.15, 0.2) is 4.99 Å². The van der Waals surface area contributed by atoms with Gasteiger partial charge in [0.25, 0.3) is 0 Å². The zero-order valence-electron chi connectivity index (χ0n) is 13.7. The molecule has 0 rings (SSSR count). The summed E-state index contributed by atoms with van der Waals surface area (Å²) in [6, 6.07) is 0.605. The van der Waals surface area contributed by atoms with Crippen molar-refractivity contribution >= 4 is 41.7 Å². The van der Waals surface area contributed by atoms with Gasteiger partial charge in [-0.15, -0.1) is 24.0 Å². The second-order valence-electron chi connectivity index (χ2n) is 4.85. The van der Waals surface area contributed by atoms with Gasteiger partial charge < -0.3 is 10.6 Å². The molecule has 0 radical (unpaired) electrons. The molecule has 20 heavy (non-hydrogen) atoms. The average Bonchev–Trinajstić information content (AvgIpc) is 2.40. The van der Waals surface area contributed by atoms with E-state index in [1.165, 1.54) is 18.6 Å². The van der Waals surface area contributed by atoms with E-state index >= 15 is 0 Å². The first-order valence-electron chi connectivity index (χ1n) is 7.33. The van der Waals surface area contributed by atoms with Gasteiger partial charge in [0.05, 0.1) is 0 Å². The number of hydrogen-bond acceptors (Lipinski definition) is 3. The molecule has 0 amide bonds. The number of thioether (sulfide) groups is 1. The third-order valence-electron chi connectivity index (χ3n) is 3.12. The van der Waals surface area contributed by atoms with E-state index < -0.39 is 0 Å². The first-order chi connectivity index (χ1) is 9.15. The number of likely N-dealkylation sites (N-methyl/N-ethyl adjacent to an activating group) is 1. The van der Waals surface area contributed by atoms with Crippen molar-refractivity contribution in [1.29, 1.82) is 0 Å². The van der Waals surface area contributed by atoms with E-state index in [4.69, 9.17) is 0 Å². The van der Waals surface area contributed by atoms with Gasteiger partial charge in [-0.1, -0.05) is 6.92 Å². The monoisotopic (exact) mass is 416 g/mol. The average molecular weight is 416 g/mol. The Morgan fingerprint density at radius 3 is 2.35 bits per heavy atom. The Hall–Kier alpha value is 0.310. The van der Waals surface area contributed by atoms with Gasteiger partial charge in [-0.25, -0.2) is 0 Å². The van der Waals surface area contributed by atoms with E-state index in [0.29, 0.717) is 6.04 Å². The number of nitrogens with zero attached hydrogens (tertiary/aromatic N) is 2. The van der Waals surface area contributed by atoms with Crippen LogP contribution in [0.25, 0.3) is 0 Å². The van der Waals surface area contributed by atoms with Crippen LogP contribution in [0.1, 0.15) is 33.6 Å². The zero-order valence-corrected chi connectivity index (χ0v) is 16.9. The summed E-state index contributed by atoms with van der Waals surface area (Å²) in [6.07, 6.45) is 4.62. The molecule has 0 aromatic carbocycles. The first kappa shape index (κ1) is 22.6. The predicted molar refractivity (Wildman–Crippen MR) is 105 cm³/mol. The van der Waals surface area contributed by atoms with Crippen LogP contribution in [-0.4, -0.2) is 62.1 Å². The van der Waals surface area contributed by atoms with Crippen LogP contribution >= 0.6 is 35.7 Å². The van der Waals surface area contributed by atoms with E-state index in [-0.39, 0.29) is 24.0 Å². The quantitative estimate of drug-likeness (QED) is 0.249. The second-order valence-corrected chi connectivity index (χ2v) is 5.83. The maximum Gasteiger partial charge on any atom is 0.191 e. The highest BCUT2D eigenvalue weighted by Gasteiger charge is 2.06. The lowest BCUT2D eigenvalue weighted by Crippen LogP contribution is -2.43. The Morgan fingerprint density at radius 2 is 1.85 bits per heavy atom.